The van der Waals surface area contributed by atoms with E-state index in [4.69, 9.17) is 18.8 Å². The van der Waals surface area contributed by atoms with E-state index in [2.05, 4.69) is 133 Å². The molecule has 3 aromatic heterocycles. The number of aromatic nitrogens is 2. The summed E-state index contributed by atoms with van der Waals surface area (Å²) in [6.07, 6.45) is 0. The van der Waals surface area contributed by atoms with Crippen LogP contribution in [0.4, 0.5) is 0 Å². The number of rotatable bonds is 4. The Labute approximate surface area is 275 Å². The zero-order valence-electron chi connectivity index (χ0n) is 25.7. The van der Waals surface area contributed by atoms with E-state index in [0.717, 1.165) is 71.6 Å². The van der Waals surface area contributed by atoms with Gasteiger partial charge in [0.15, 0.2) is 11.4 Å². The van der Waals surface area contributed by atoms with Gasteiger partial charge in [-0.1, -0.05) is 133 Å². The molecular formula is C44H26N2O2. The lowest BCUT2D eigenvalue weighted by atomic mass is 9.95. The average molecular weight is 615 g/mol. The zero-order valence-corrected chi connectivity index (χ0v) is 25.7. The standard InChI is InChI=1S/C44H26N2O2/c1-3-12-27(13-4-1)28-22-24-30(25-23-28)39-43-40(34-18-9-10-21-38(34)47-43)46-44(45-39)35-20-11-19-33-37-26-36(29-14-5-2-6-15-29)31-16-7-8-17-32(31)42(37)48-41(33)35/h1-26H. The van der Waals surface area contributed by atoms with Gasteiger partial charge in [0.05, 0.1) is 5.56 Å². The van der Waals surface area contributed by atoms with Crippen LogP contribution in [0.2, 0.25) is 0 Å². The van der Waals surface area contributed by atoms with Gasteiger partial charge < -0.3 is 8.83 Å². The van der Waals surface area contributed by atoms with E-state index < -0.39 is 0 Å². The average Bonchev–Trinajstić information content (AvgIpc) is 3.74. The highest BCUT2D eigenvalue weighted by atomic mass is 16.3. The highest BCUT2D eigenvalue weighted by Gasteiger charge is 2.22. The molecule has 0 spiro atoms. The van der Waals surface area contributed by atoms with Crippen LogP contribution >= 0.6 is 0 Å². The van der Waals surface area contributed by atoms with Crippen molar-refractivity contribution in [2.24, 2.45) is 0 Å². The molecule has 0 unspecified atom stereocenters. The summed E-state index contributed by atoms with van der Waals surface area (Å²) >= 11 is 0. The lowest BCUT2D eigenvalue weighted by Crippen LogP contribution is -1.94. The normalized spacial score (nSPS) is 11.8. The van der Waals surface area contributed by atoms with Crippen LogP contribution < -0.4 is 0 Å². The first-order valence-electron chi connectivity index (χ1n) is 16.1. The van der Waals surface area contributed by atoms with Gasteiger partial charge in [-0.3, -0.25) is 0 Å². The Bertz CT molecular complexity index is 2810. The molecule has 3 heterocycles. The zero-order chi connectivity index (χ0) is 31.6. The molecule has 0 radical (unpaired) electrons. The summed E-state index contributed by atoms with van der Waals surface area (Å²) in [5.41, 5.74) is 11.1. The molecule has 0 bridgehead atoms. The Morgan fingerprint density at radius 2 is 0.958 bits per heavy atom. The van der Waals surface area contributed by atoms with E-state index in [0.29, 0.717) is 11.4 Å². The second-order valence-electron chi connectivity index (χ2n) is 12.1. The number of benzene rings is 7. The molecule has 4 nitrogen and oxygen atoms in total. The molecule has 224 valence electrons. The maximum absolute atomic E-state index is 6.83. The van der Waals surface area contributed by atoms with Crippen LogP contribution in [0, 0.1) is 0 Å². The van der Waals surface area contributed by atoms with E-state index in [1.807, 2.05) is 24.3 Å². The third-order valence-corrected chi connectivity index (χ3v) is 9.32. The predicted octanol–water partition coefficient (Wildman–Crippen LogP) is 12.1. The maximum atomic E-state index is 6.83. The quantitative estimate of drug-likeness (QED) is 0.198. The van der Waals surface area contributed by atoms with Crippen LogP contribution in [0.5, 0.6) is 0 Å². The first-order chi connectivity index (χ1) is 23.8. The van der Waals surface area contributed by atoms with Gasteiger partial charge in [-0.2, -0.15) is 0 Å². The van der Waals surface area contributed by atoms with Gasteiger partial charge in [0.2, 0.25) is 0 Å². The van der Waals surface area contributed by atoms with Crippen LogP contribution in [-0.2, 0) is 0 Å². The molecule has 0 saturated carbocycles. The van der Waals surface area contributed by atoms with E-state index in [1.165, 1.54) is 16.7 Å². The molecule has 0 aliphatic heterocycles. The summed E-state index contributed by atoms with van der Waals surface area (Å²) in [7, 11) is 0. The van der Waals surface area contributed by atoms with Crippen molar-refractivity contribution in [3.63, 3.8) is 0 Å². The van der Waals surface area contributed by atoms with Crippen LogP contribution in [0.1, 0.15) is 0 Å². The fourth-order valence-corrected chi connectivity index (χ4v) is 7.01. The molecule has 0 amide bonds. The van der Waals surface area contributed by atoms with Gasteiger partial charge >= 0.3 is 0 Å². The first-order valence-corrected chi connectivity index (χ1v) is 16.1. The lowest BCUT2D eigenvalue weighted by molar-refractivity contribution is 0.666. The van der Waals surface area contributed by atoms with Crippen molar-refractivity contribution in [2.75, 3.05) is 0 Å². The SMILES string of the molecule is c1ccc(-c2ccc(-c3nc(-c4cccc5c4oc4c6ccccc6c(-c6ccccc6)cc54)nc4c3oc3ccccc34)cc2)cc1. The second kappa shape index (κ2) is 10.5. The Morgan fingerprint density at radius 1 is 0.354 bits per heavy atom. The minimum atomic E-state index is 0.591. The van der Waals surface area contributed by atoms with E-state index in [-0.39, 0.29) is 0 Å². The van der Waals surface area contributed by atoms with Crippen LogP contribution in [-0.4, -0.2) is 9.97 Å². The molecule has 48 heavy (non-hydrogen) atoms. The summed E-state index contributed by atoms with van der Waals surface area (Å²) in [6, 6.07) is 54.4. The maximum Gasteiger partial charge on any atom is 0.180 e. The molecule has 4 heteroatoms. The van der Waals surface area contributed by atoms with Crippen LogP contribution in [0.15, 0.2) is 167 Å². The summed E-state index contributed by atoms with van der Waals surface area (Å²) in [6.45, 7) is 0. The van der Waals surface area contributed by atoms with Gasteiger partial charge in [0.1, 0.15) is 28.0 Å². The summed E-state index contributed by atoms with van der Waals surface area (Å²) < 4.78 is 13.3. The number of hydrogen-bond acceptors (Lipinski definition) is 4. The molecule has 0 aliphatic carbocycles. The van der Waals surface area contributed by atoms with Crippen molar-refractivity contribution in [1.29, 1.82) is 0 Å². The monoisotopic (exact) mass is 614 g/mol. The van der Waals surface area contributed by atoms with Crippen LogP contribution in [0.25, 0.3) is 99.7 Å². The third kappa shape index (κ3) is 4.10. The topological polar surface area (TPSA) is 52.1 Å². The highest BCUT2D eigenvalue weighted by Crippen LogP contribution is 2.43. The molecule has 0 saturated heterocycles. The molecule has 0 aliphatic rings. The van der Waals surface area contributed by atoms with Crippen molar-refractivity contribution in [3.8, 4) is 44.9 Å². The van der Waals surface area contributed by atoms with E-state index >= 15 is 0 Å². The van der Waals surface area contributed by atoms with Gasteiger partial charge in [-0.25, -0.2) is 9.97 Å². The number of para-hydroxylation sites is 2. The molecule has 0 fully saturated rings. The lowest BCUT2D eigenvalue weighted by Gasteiger charge is -2.08. The van der Waals surface area contributed by atoms with Crippen molar-refractivity contribution < 1.29 is 8.83 Å². The molecular weight excluding hydrogens is 588 g/mol. The van der Waals surface area contributed by atoms with E-state index in [9.17, 15) is 0 Å². The van der Waals surface area contributed by atoms with E-state index in [1.54, 1.807) is 0 Å². The largest absolute Gasteiger partial charge is 0.455 e. The predicted molar refractivity (Wildman–Crippen MR) is 196 cm³/mol. The van der Waals surface area contributed by atoms with Crippen LogP contribution in [0.3, 0.4) is 0 Å². The Balaban J connectivity index is 1.23. The highest BCUT2D eigenvalue weighted by molar-refractivity contribution is 6.20. The van der Waals surface area contributed by atoms with Crippen molar-refractivity contribution >= 4 is 54.8 Å². The number of hydrogen-bond donors (Lipinski definition) is 0. The van der Waals surface area contributed by atoms with Crippen molar-refractivity contribution in [1.82, 2.24) is 9.97 Å². The molecule has 0 N–H and O–H groups in total. The Kier molecular flexibility index (Phi) is 5.84. The van der Waals surface area contributed by atoms with Gasteiger partial charge in [0.25, 0.3) is 0 Å². The van der Waals surface area contributed by atoms with Gasteiger partial charge in [-0.05, 0) is 51.9 Å². The number of furan rings is 2. The second-order valence-corrected chi connectivity index (χ2v) is 12.1. The molecule has 10 aromatic rings. The minimum Gasteiger partial charge on any atom is -0.455 e. The van der Waals surface area contributed by atoms with Crippen molar-refractivity contribution in [2.45, 2.75) is 0 Å². The number of nitrogens with zero attached hydrogens (tertiary/aromatic N) is 2. The Hall–Kier alpha value is -6.52. The minimum absolute atomic E-state index is 0.591. The number of fused-ring (bicyclic) bond motifs is 8. The van der Waals surface area contributed by atoms with Gasteiger partial charge in [0, 0.05) is 27.1 Å². The summed E-state index contributed by atoms with van der Waals surface area (Å²) in [5.74, 6) is 0.591. The summed E-state index contributed by atoms with van der Waals surface area (Å²) in [5, 5.41) is 5.28. The smallest absolute Gasteiger partial charge is 0.180 e. The van der Waals surface area contributed by atoms with Gasteiger partial charge in [-0.15, -0.1) is 0 Å². The Morgan fingerprint density at radius 3 is 1.75 bits per heavy atom. The molecule has 0 atom stereocenters. The van der Waals surface area contributed by atoms with Crippen molar-refractivity contribution in [3.05, 3.63) is 158 Å². The fraction of sp³-hybridized carbons (Fsp3) is 0. The fourth-order valence-electron chi connectivity index (χ4n) is 7.01. The summed E-state index contributed by atoms with van der Waals surface area (Å²) in [4.78, 5) is 10.4. The molecule has 10 rings (SSSR count). The molecule has 7 aromatic carbocycles. The first kappa shape index (κ1) is 26.7. The third-order valence-electron chi connectivity index (χ3n) is 9.32.